The summed E-state index contributed by atoms with van der Waals surface area (Å²) in [5.41, 5.74) is 2.44. The van der Waals surface area contributed by atoms with Gasteiger partial charge >= 0.3 is 0 Å². The quantitative estimate of drug-likeness (QED) is 0.0684. The molecule has 0 aromatic heterocycles. The fourth-order valence-electron chi connectivity index (χ4n) is 7.65. The highest BCUT2D eigenvalue weighted by atomic mass is 16.1. The molecule has 0 aliphatic rings. The van der Waals surface area contributed by atoms with Crippen LogP contribution in [0.15, 0.2) is 60.7 Å². The Kier molecular flexibility index (Phi) is 27.4. The van der Waals surface area contributed by atoms with E-state index in [1.807, 2.05) is 0 Å². The fourth-order valence-corrected chi connectivity index (χ4v) is 7.65. The van der Waals surface area contributed by atoms with E-state index in [0.29, 0.717) is 5.78 Å². The first-order valence-corrected chi connectivity index (χ1v) is 21.4. The van der Waals surface area contributed by atoms with Gasteiger partial charge in [0, 0.05) is 11.8 Å². The second-order valence-corrected chi connectivity index (χ2v) is 15.1. The van der Waals surface area contributed by atoms with E-state index in [1.165, 1.54) is 178 Å². The number of ketones is 1. The number of hydrogen-bond donors (Lipinski definition) is 0. The van der Waals surface area contributed by atoms with Gasteiger partial charge in [0.2, 0.25) is 0 Å². The van der Waals surface area contributed by atoms with Crippen LogP contribution in [-0.4, -0.2) is 5.78 Å². The maximum Gasteiger partial charge on any atom is 0.147 e. The molecule has 1 heteroatoms. The Balaban J connectivity index is 1.71. The van der Waals surface area contributed by atoms with Crippen molar-refractivity contribution in [3.05, 3.63) is 71.8 Å². The summed E-state index contributed by atoms with van der Waals surface area (Å²) in [4.78, 5) is 14.4. The van der Waals surface area contributed by atoms with Gasteiger partial charge in [0.1, 0.15) is 5.78 Å². The maximum absolute atomic E-state index is 14.4. The van der Waals surface area contributed by atoms with Crippen LogP contribution in [0.3, 0.4) is 0 Å². The van der Waals surface area contributed by atoms with Crippen molar-refractivity contribution in [2.75, 3.05) is 0 Å². The molecule has 2 aromatic rings. The molecule has 0 radical (unpaired) electrons. The van der Waals surface area contributed by atoms with Crippen LogP contribution in [0.1, 0.15) is 229 Å². The van der Waals surface area contributed by atoms with Crippen LogP contribution < -0.4 is 0 Å². The summed E-state index contributed by atoms with van der Waals surface area (Å²) in [6.07, 6.45) is 40.4. The minimum absolute atomic E-state index is 0.0142. The third-order valence-corrected chi connectivity index (χ3v) is 10.8. The summed E-state index contributed by atoms with van der Waals surface area (Å²) in [5.74, 6) is 0.484. The van der Waals surface area contributed by atoms with Crippen molar-refractivity contribution in [1.29, 1.82) is 0 Å². The highest BCUT2D eigenvalue weighted by molar-refractivity contribution is 5.91. The Labute approximate surface area is 299 Å². The van der Waals surface area contributed by atoms with Gasteiger partial charge in [-0.2, -0.15) is 0 Å². The molecule has 2 atom stereocenters. The van der Waals surface area contributed by atoms with Crippen molar-refractivity contribution in [3.63, 3.8) is 0 Å². The van der Waals surface area contributed by atoms with Crippen molar-refractivity contribution in [3.8, 4) is 0 Å². The first-order chi connectivity index (χ1) is 23.8. The molecule has 0 aliphatic carbocycles. The second-order valence-electron chi connectivity index (χ2n) is 15.1. The minimum atomic E-state index is 0.0142. The zero-order valence-electron chi connectivity index (χ0n) is 32.0. The smallest absolute Gasteiger partial charge is 0.147 e. The lowest BCUT2D eigenvalue weighted by atomic mass is 9.79. The molecule has 0 fully saturated rings. The van der Waals surface area contributed by atoms with Crippen molar-refractivity contribution in [2.45, 2.75) is 218 Å². The van der Waals surface area contributed by atoms with Crippen LogP contribution in [0.5, 0.6) is 0 Å². The van der Waals surface area contributed by atoms with Crippen LogP contribution in [-0.2, 0) is 4.79 Å². The van der Waals surface area contributed by atoms with Gasteiger partial charge in [-0.3, -0.25) is 4.79 Å². The summed E-state index contributed by atoms with van der Waals surface area (Å²) in [6.45, 7) is 4.59. The first kappa shape index (κ1) is 42.3. The van der Waals surface area contributed by atoms with Crippen LogP contribution in [0.25, 0.3) is 0 Å². The number of benzene rings is 2. The number of carbonyl (C=O) groups is 1. The van der Waals surface area contributed by atoms with E-state index in [4.69, 9.17) is 0 Å². The second kappa shape index (κ2) is 31.1. The predicted octanol–water partition coefficient (Wildman–Crippen LogP) is 15.9. The molecule has 0 N–H and O–H groups in total. The number of rotatable bonds is 34. The van der Waals surface area contributed by atoms with E-state index in [-0.39, 0.29) is 11.8 Å². The van der Waals surface area contributed by atoms with Crippen LogP contribution in [0.4, 0.5) is 0 Å². The summed E-state index contributed by atoms with van der Waals surface area (Å²) in [6, 6.07) is 21.4. The molecule has 0 heterocycles. The lowest BCUT2D eigenvalue weighted by Crippen LogP contribution is -2.21. The van der Waals surface area contributed by atoms with Gasteiger partial charge in [0.25, 0.3) is 0 Å². The number of unbranched alkanes of at least 4 members (excludes halogenated alkanes) is 26. The molecule has 48 heavy (non-hydrogen) atoms. The Bertz CT molecular complexity index is 872. The van der Waals surface area contributed by atoms with E-state index in [2.05, 4.69) is 74.5 Å². The molecule has 272 valence electrons. The minimum Gasteiger partial charge on any atom is -0.298 e. The SMILES string of the molecule is CCCCCCCCCCCCCCCCC(C(=O)C(CCCCCCCCCCCCCCCC)c1ccccc1)c1ccccc1. The number of hydrogen-bond acceptors (Lipinski definition) is 1. The third kappa shape index (κ3) is 21.3. The van der Waals surface area contributed by atoms with E-state index in [9.17, 15) is 4.79 Å². The first-order valence-electron chi connectivity index (χ1n) is 21.4. The Morgan fingerprint density at radius 2 is 0.583 bits per heavy atom. The Morgan fingerprint density at radius 1 is 0.354 bits per heavy atom. The summed E-state index contributed by atoms with van der Waals surface area (Å²) < 4.78 is 0. The van der Waals surface area contributed by atoms with Crippen molar-refractivity contribution in [1.82, 2.24) is 0 Å². The summed E-state index contributed by atoms with van der Waals surface area (Å²) >= 11 is 0. The van der Waals surface area contributed by atoms with Crippen LogP contribution in [0, 0.1) is 0 Å². The molecule has 0 saturated heterocycles. The van der Waals surface area contributed by atoms with E-state index in [0.717, 1.165) is 25.7 Å². The van der Waals surface area contributed by atoms with Gasteiger partial charge in [-0.25, -0.2) is 0 Å². The average molecular weight is 659 g/mol. The predicted molar refractivity (Wildman–Crippen MR) is 213 cm³/mol. The lowest BCUT2D eigenvalue weighted by Gasteiger charge is -2.24. The standard InChI is InChI=1S/C47H78O/c1-3-5-7-9-11-13-15-17-19-21-23-25-27-35-41-45(43-37-31-29-32-38-43)47(48)46(44-39-33-30-34-40-44)42-36-28-26-24-22-20-18-16-14-12-10-8-6-4-2/h29-34,37-40,45-46H,3-28,35-36,41-42H2,1-2H3. The topological polar surface area (TPSA) is 17.1 Å². The van der Waals surface area contributed by atoms with Gasteiger partial charge < -0.3 is 0 Å². The van der Waals surface area contributed by atoms with Gasteiger partial charge in [-0.05, 0) is 24.0 Å². The largest absolute Gasteiger partial charge is 0.298 e. The number of Topliss-reactive ketones (excluding diaryl/α,β-unsaturated/α-hetero) is 1. The number of carbonyl (C=O) groups excluding carboxylic acids is 1. The molecule has 1 nitrogen and oxygen atoms in total. The molecule has 0 bridgehead atoms. The van der Waals surface area contributed by atoms with Crippen molar-refractivity contribution >= 4 is 5.78 Å². The van der Waals surface area contributed by atoms with E-state index in [1.54, 1.807) is 0 Å². The molecule has 0 aliphatic heterocycles. The molecule has 2 unspecified atom stereocenters. The Morgan fingerprint density at radius 3 is 0.833 bits per heavy atom. The Hall–Kier alpha value is -1.89. The maximum atomic E-state index is 14.4. The highest BCUT2D eigenvalue weighted by Gasteiger charge is 2.28. The van der Waals surface area contributed by atoms with Crippen molar-refractivity contribution < 1.29 is 4.79 Å². The zero-order valence-corrected chi connectivity index (χ0v) is 32.0. The van der Waals surface area contributed by atoms with Gasteiger partial charge in [-0.15, -0.1) is 0 Å². The van der Waals surface area contributed by atoms with Gasteiger partial charge in [-0.1, -0.05) is 254 Å². The normalized spacial score (nSPS) is 12.7. The molecular formula is C47H78O. The van der Waals surface area contributed by atoms with Crippen LogP contribution in [0.2, 0.25) is 0 Å². The molecular weight excluding hydrogens is 581 g/mol. The summed E-state index contributed by atoms with van der Waals surface area (Å²) in [5, 5.41) is 0. The highest BCUT2D eigenvalue weighted by Crippen LogP contribution is 2.34. The molecule has 0 spiro atoms. The van der Waals surface area contributed by atoms with E-state index >= 15 is 0 Å². The summed E-state index contributed by atoms with van der Waals surface area (Å²) in [7, 11) is 0. The molecule has 0 amide bonds. The van der Waals surface area contributed by atoms with Crippen LogP contribution >= 0.6 is 0 Å². The van der Waals surface area contributed by atoms with Gasteiger partial charge in [0.05, 0.1) is 0 Å². The average Bonchev–Trinajstić information content (AvgIpc) is 3.12. The van der Waals surface area contributed by atoms with Crippen molar-refractivity contribution in [2.24, 2.45) is 0 Å². The van der Waals surface area contributed by atoms with Gasteiger partial charge in [0.15, 0.2) is 0 Å². The fraction of sp³-hybridized carbons (Fsp3) is 0.723. The van der Waals surface area contributed by atoms with E-state index < -0.39 is 0 Å². The monoisotopic (exact) mass is 659 g/mol. The molecule has 2 rings (SSSR count). The molecule has 0 saturated carbocycles. The lowest BCUT2D eigenvalue weighted by molar-refractivity contribution is -0.122. The zero-order chi connectivity index (χ0) is 34.2. The molecule has 2 aromatic carbocycles. The third-order valence-electron chi connectivity index (χ3n) is 10.8.